The molecule has 2 aromatic carbocycles. The molecule has 0 spiro atoms. The monoisotopic (exact) mass is 377 g/mol. The zero-order chi connectivity index (χ0) is 20.1. The minimum atomic E-state index is -0.515. The molecular formula is C20H19N5O3. The van der Waals surface area contributed by atoms with Crippen LogP contribution in [0.5, 0.6) is 0 Å². The Morgan fingerprint density at radius 2 is 1.86 bits per heavy atom. The highest BCUT2D eigenvalue weighted by atomic mass is 16.6. The molecule has 3 aromatic rings. The molecule has 0 bridgehead atoms. The summed E-state index contributed by atoms with van der Waals surface area (Å²) in [7, 11) is 0. The van der Waals surface area contributed by atoms with E-state index >= 15 is 0 Å². The first kappa shape index (κ1) is 19.0. The molecule has 0 saturated carbocycles. The molecular weight excluding hydrogens is 358 g/mol. The fourth-order valence-corrected chi connectivity index (χ4v) is 2.76. The Labute approximate surface area is 161 Å². The Bertz CT molecular complexity index is 1020. The number of nitro benzene ring substituents is 1. The van der Waals surface area contributed by atoms with Gasteiger partial charge in [-0.25, -0.2) is 5.43 Å². The highest BCUT2D eigenvalue weighted by Gasteiger charge is 2.11. The number of rotatable bonds is 6. The summed E-state index contributed by atoms with van der Waals surface area (Å²) in [6.07, 6.45) is 1.56. The van der Waals surface area contributed by atoms with Gasteiger partial charge in [0.2, 0.25) is 0 Å². The minimum Gasteiger partial charge on any atom is -0.267 e. The van der Waals surface area contributed by atoms with Gasteiger partial charge in [-0.15, -0.1) is 0 Å². The van der Waals surface area contributed by atoms with Gasteiger partial charge in [-0.05, 0) is 31.5 Å². The number of nitrogens with zero attached hydrogens (tertiary/aromatic N) is 4. The number of hydrazone groups is 1. The number of aryl methyl sites for hydroxylation is 1. The van der Waals surface area contributed by atoms with Gasteiger partial charge in [0.25, 0.3) is 11.6 Å². The predicted octanol–water partition coefficient (Wildman–Crippen LogP) is 3.22. The van der Waals surface area contributed by atoms with Crippen molar-refractivity contribution in [3.05, 3.63) is 92.8 Å². The van der Waals surface area contributed by atoms with Crippen LogP contribution in [-0.2, 0) is 6.54 Å². The average molecular weight is 377 g/mol. The summed E-state index contributed by atoms with van der Waals surface area (Å²) in [6, 6.07) is 15.3. The van der Waals surface area contributed by atoms with Crippen LogP contribution < -0.4 is 5.43 Å². The highest BCUT2D eigenvalue weighted by molar-refractivity contribution is 5.95. The summed E-state index contributed by atoms with van der Waals surface area (Å²) in [4.78, 5) is 22.3. The summed E-state index contributed by atoms with van der Waals surface area (Å²) in [5.41, 5.74) is 6.37. The van der Waals surface area contributed by atoms with Gasteiger partial charge in [-0.3, -0.25) is 19.6 Å². The molecule has 0 unspecified atom stereocenters. The maximum Gasteiger partial charge on any atom is 0.271 e. The molecule has 0 aliphatic carbocycles. The molecule has 8 nitrogen and oxygen atoms in total. The third-order valence-corrected chi connectivity index (χ3v) is 4.31. The van der Waals surface area contributed by atoms with Crippen molar-refractivity contribution in [2.24, 2.45) is 5.10 Å². The molecule has 1 aromatic heterocycles. The number of amides is 1. The summed E-state index contributed by atoms with van der Waals surface area (Å²) >= 11 is 0. The van der Waals surface area contributed by atoms with Crippen LogP contribution in [0.4, 0.5) is 5.69 Å². The Morgan fingerprint density at radius 1 is 1.18 bits per heavy atom. The van der Waals surface area contributed by atoms with Crippen LogP contribution in [0.3, 0.4) is 0 Å². The zero-order valence-electron chi connectivity index (χ0n) is 15.5. The lowest BCUT2D eigenvalue weighted by atomic mass is 10.2. The van der Waals surface area contributed by atoms with E-state index in [1.54, 1.807) is 6.21 Å². The molecule has 3 rings (SSSR count). The van der Waals surface area contributed by atoms with E-state index < -0.39 is 10.8 Å². The van der Waals surface area contributed by atoms with Crippen LogP contribution in [0.25, 0.3) is 0 Å². The van der Waals surface area contributed by atoms with Crippen molar-refractivity contribution in [3.63, 3.8) is 0 Å². The molecule has 0 radical (unpaired) electrons. The third-order valence-electron chi connectivity index (χ3n) is 4.31. The van der Waals surface area contributed by atoms with Gasteiger partial charge in [0.15, 0.2) is 0 Å². The molecule has 1 amide bonds. The number of hydrogen-bond donors (Lipinski definition) is 1. The molecule has 0 aliphatic heterocycles. The fourth-order valence-electron chi connectivity index (χ4n) is 2.76. The van der Waals surface area contributed by atoms with Gasteiger partial charge in [0.05, 0.1) is 23.4 Å². The molecule has 0 saturated heterocycles. The molecule has 1 N–H and O–H groups in total. The molecule has 0 fully saturated rings. The van der Waals surface area contributed by atoms with Gasteiger partial charge in [0.1, 0.15) is 0 Å². The quantitative estimate of drug-likeness (QED) is 0.405. The molecule has 0 aliphatic rings. The number of hydrogen-bond acceptors (Lipinski definition) is 5. The first-order valence-corrected chi connectivity index (χ1v) is 8.61. The van der Waals surface area contributed by atoms with E-state index in [1.807, 2.05) is 48.9 Å². The topological polar surface area (TPSA) is 102 Å². The van der Waals surface area contributed by atoms with Crippen LogP contribution in [0.1, 0.15) is 32.9 Å². The molecule has 142 valence electrons. The van der Waals surface area contributed by atoms with Gasteiger partial charge >= 0.3 is 0 Å². The van der Waals surface area contributed by atoms with Crippen LogP contribution >= 0.6 is 0 Å². The van der Waals surface area contributed by atoms with Gasteiger partial charge in [0, 0.05) is 29.0 Å². The molecule has 0 atom stereocenters. The van der Waals surface area contributed by atoms with E-state index in [4.69, 9.17) is 0 Å². The van der Waals surface area contributed by atoms with Crippen molar-refractivity contribution in [2.75, 3.05) is 0 Å². The van der Waals surface area contributed by atoms with E-state index in [0.29, 0.717) is 6.54 Å². The number of aromatic nitrogens is 2. The third kappa shape index (κ3) is 4.29. The van der Waals surface area contributed by atoms with E-state index in [0.717, 1.165) is 22.5 Å². The summed E-state index contributed by atoms with van der Waals surface area (Å²) in [5, 5.41) is 19.2. The van der Waals surface area contributed by atoms with Gasteiger partial charge in [-0.1, -0.05) is 30.3 Å². The summed E-state index contributed by atoms with van der Waals surface area (Å²) in [6.45, 7) is 4.48. The molecule has 28 heavy (non-hydrogen) atoms. The van der Waals surface area contributed by atoms with Gasteiger partial charge < -0.3 is 0 Å². The lowest BCUT2D eigenvalue weighted by molar-refractivity contribution is -0.384. The number of carbonyl (C=O) groups is 1. The second kappa shape index (κ2) is 8.26. The van der Waals surface area contributed by atoms with Crippen molar-refractivity contribution in [1.29, 1.82) is 0 Å². The Hall–Kier alpha value is -3.81. The van der Waals surface area contributed by atoms with Crippen LogP contribution in [0, 0.1) is 24.0 Å². The first-order valence-electron chi connectivity index (χ1n) is 8.61. The fraction of sp³-hybridized carbons (Fsp3) is 0.150. The maximum absolute atomic E-state index is 12.1. The predicted molar refractivity (Wildman–Crippen MR) is 105 cm³/mol. The number of benzene rings is 2. The zero-order valence-corrected chi connectivity index (χ0v) is 15.5. The SMILES string of the molecule is Cc1nn(Cc2ccccc2)c(C)c1/C=N/NC(=O)c1ccc([N+](=O)[O-])cc1. The van der Waals surface area contributed by atoms with Crippen LogP contribution in [0.15, 0.2) is 59.7 Å². The van der Waals surface area contributed by atoms with E-state index in [-0.39, 0.29) is 11.3 Å². The normalized spacial score (nSPS) is 10.9. The maximum atomic E-state index is 12.1. The van der Waals surface area contributed by atoms with Crippen molar-refractivity contribution in [2.45, 2.75) is 20.4 Å². The Balaban J connectivity index is 1.68. The summed E-state index contributed by atoms with van der Waals surface area (Å²) < 4.78 is 1.89. The molecule has 8 heteroatoms. The smallest absolute Gasteiger partial charge is 0.267 e. The van der Waals surface area contributed by atoms with E-state index in [1.165, 1.54) is 24.3 Å². The largest absolute Gasteiger partial charge is 0.271 e. The van der Waals surface area contributed by atoms with Crippen molar-refractivity contribution in [3.8, 4) is 0 Å². The van der Waals surface area contributed by atoms with Crippen LogP contribution in [-0.4, -0.2) is 26.8 Å². The number of nitrogens with one attached hydrogen (secondary N) is 1. The number of nitro groups is 1. The van der Waals surface area contributed by atoms with E-state index in [2.05, 4.69) is 15.6 Å². The number of non-ortho nitro benzene ring substituents is 1. The lowest BCUT2D eigenvalue weighted by Crippen LogP contribution is -2.17. The second-order valence-electron chi connectivity index (χ2n) is 6.23. The number of carbonyl (C=O) groups excluding carboxylic acids is 1. The second-order valence-corrected chi connectivity index (χ2v) is 6.23. The van der Waals surface area contributed by atoms with E-state index in [9.17, 15) is 14.9 Å². The first-order chi connectivity index (χ1) is 13.5. The van der Waals surface area contributed by atoms with Crippen molar-refractivity contribution < 1.29 is 9.72 Å². The van der Waals surface area contributed by atoms with Crippen molar-refractivity contribution >= 4 is 17.8 Å². The average Bonchev–Trinajstić information content (AvgIpc) is 2.96. The van der Waals surface area contributed by atoms with Crippen LogP contribution in [0.2, 0.25) is 0 Å². The molecule has 1 heterocycles. The van der Waals surface area contributed by atoms with Crippen molar-refractivity contribution in [1.82, 2.24) is 15.2 Å². The minimum absolute atomic E-state index is 0.0721. The van der Waals surface area contributed by atoms with Gasteiger partial charge in [-0.2, -0.15) is 10.2 Å². The Morgan fingerprint density at radius 3 is 2.50 bits per heavy atom. The lowest BCUT2D eigenvalue weighted by Gasteiger charge is -2.04. The summed E-state index contributed by atoms with van der Waals surface area (Å²) in [5.74, 6) is -0.446. The highest BCUT2D eigenvalue weighted by Crippen LogP contribution is 2.14. The Kier molecular flexibility index (Phi) is 5.59. The standard InChI is InChI=1S/C20H19N5O3/c1-14-19(15(2)24(23-14)13-16-6-4-3-5-7-16)12-21-22-20(26)17-8-10-18(11-9-17)25(27)28/h3-12H,13H2,1-2H3,(H,22,26)/b21-12+.